The van der Waals surface area contributed by atoms with Gasteiger partial charge in [0.1, 0.15) is 6.04 Å². The van der Waals surface area contributed by atoms with Gasteiger partial charge in [0.15, 0.2) is 0 Å². The van der Waals surface area contributed by atoms with Crippen molar-refractivity contribution >= 4 is 23.8 Å². The Hall–Kier alpha value is -2.90. The molecule has 2 amide bonds. The molecule has 0 aliphatic carbocycles. The number of rotatable bonds is 9. The summed E-state index contributed by atoms with van der Waals surface area (Å²) in [5.74, 6) is -3.82. The van der Waals surface area contributed by atoms with E-state index in [9.17, 15) is 19.2 Å². The van der Waals surface area contributed by atoms with Gasteiger partial charge in [0.25, 0.3) is 0 Å². The minimum Gasteiger partial charge on any atom is -0.481 e. The highest BCUT2D eigenvalue weighted by Crippen LogP contribution is 2.11. The van der Waals surface area contributed by atoms with Crippen LogP contribution < -0.4 is 10.6 Å². The Labute approximate surface area is 138 Å². The summed E-state index contributed by atoms with van der Waals surface area (Å²) in [6.07, 6.45) is -1.07. The number of benzene rings is 1. The third kappa shape index (κ3) is 6.91. The van der Waals surface area contributed by atoms with Crippen molar-refractivity contribution in [2.24, 2.45) is 0 Å². The van der Waals surface area contributed by atoms with E-state index in [-0.39, 0.29) is 24.8 Å². The number of carbonyl (C=O) groups excluding carboxylic acids is 2. The first-order valence-corrected chi connectivity index (χ1v) is 7.38. The predicted octanol–water partition coefficient (Wildman–Crippen LogP) is 0.688. The number of aliphatic carboxylic acids is 2. The number of amides is 2. The van der Waals surface area contributed by atoms with Gasteiger partial charge in [0.2, 0.25) is 11.8 Å². The summed E-state index contributed by atoms with van der Waals surface area (Å²) < 4.78 is 0. The first-order chi connectivity index (χ1) is 11.3. The Morgan fingerprint density at radius 2 is 1.50 bits per heavy atom. The van der Waals surface area contributed by atoms with Crippen LogP contribution in [0.2, 0.25) is 0 Å². The molecule has 0 heterocycles. The lowest BCUT2D eigenvalue weighted by atomic mass is 10.1. The van der Waals surface area contributed by atoms with Crippen LogP contribution in [0.1, 0.15) is 37.8 Å². The average molecular weight is 336 g/mol. The van der Waals surface area contributed by atoms with Crippen LogP contribution in [-0.4, -0.2) is 40.0 Å². The van der Waals surface area contributed by atoms with Crippen molar-refractivity contribution in [2.75, 3.05) is 0 Å². The van der Waals surface area contributed by atoms with Crippen molar-refractivity contribution in [3.63, 3.8) is 0 Å². The fraction of sp³-hybridized carbons (Fsp3) is 0.375. The maximum atomic E-state index is 11.8. The minimum atomic E-state index is -1.51. The molecule has 1 aromatic rings. The molecule has 0 aliphatic heterocycles. The van der Waals surface area contributed by atoms with E-state index >= 15 is 0 Å². The third-order valence-corrected chi connectivity index (χ3v) is 3.27. The van der Waals surface area contributed by atoms with Gasteiger partial charge < -0.3 is 20.8 Å². The highest BCUT2D eigenvalue weighted by atomic mass is 16.4. The second-order valence-electron chi connectivity index (χ2n) is 5.26. The van der Waals surface area contributed by atoms with Crippen molar-refractivity contribution in [3.05, 3.63) is 35.9 Å². The topological polar surface area (TPSA) is 133 Å². The molecule has 0 aliphatic rings. The Balaban J connectivity index is 2.41. The van der Waals surface area contributed by atoms with Crippen LogP contribution in [0.25, 0.3) is 0 Å². The standard InChI is InChI=1S/C16H20N2O6/c1-10(11-5-3-2-4-6-11)17-13(19)7-8-14(20)18-12(16(23)24)9-15(21)22/h2-6,10,12H,7-9H2,1H3,(H,17,19)(H,18,20)(H,21,22)(H,23,24)/t10-,12+/m1/s1. The van der Waals surface area contributed by atoms with E-state index < -0.39 is 30.3 Å². The number of hydrogen-bond donors (Lipinski definition) is 4. The molecule has 0 radical (unpaired) electrons. The summed E-state index contributed by atoms with van der Waals surface area (Å²) in [4.78, 5) is 44.9. The van der Waals surface area contributed by atoms with Gasteiger partial charge in [-0.2, -0.15) is 0 Å². The second kappa shape index (κ2) is 9.29. The SMILES string of the molecule is C[C@@H](NC(=O)CCC(=O)N[C@@H](CC(=O)O)C(=O)O)c1ccccc1. The zero-order valence-corrected chi connectivity index (χ0v) is 13.2. The van der Waals surface area contributed by atoms with Crippen molar-refractivity contribution < 1.29 is 29.4 Å². The van der Waals surface area contributed by atoms with Crippen molar-refractivity contribution in [1.82, 2.24) is 10.6 Å². The lowest BCUT2D eigenvalue weighted by Gasteiger charge is -2.15. The number of carboxylic acids is 2. The highest BCUT2D eigenvalue weighted by molar-refractivity contribution is 5.88. The maximum Gasteiger partial charge on any atom is 0.326 e. The van der Waals surface area contributed by atoms with Crippen LogP contribution in [0, 0.1) is 0 Å². The molecule has 0 unspecified atom stereocenters. The molecule has 2 atom stereocenters. The monoisotopic (exact) mass is 336 g/mol. The first kappa shape index (κ1) is 19.1. The highest BCUT2D eigenvalue weighted by Gasteiger charge is 2.23. The number of nitrogens with one attached hydrogen (secondary N) is 2. The average Bonchev–Trinajstić information content (AvgIpc) is 2.52. The van der Waals surface area contributed by atoms with Crippen molar-refractivity contribution in [3.8, 4) is 0 Å². The smallest absolute Gasteiger partial charge is 0.326 e. The Kier molecular flexibility index (Phi) is 7.41. The minimum absolute atomic E-state index is 0.123. The molecule has 24 heavy (non-hydrogen) atoms. The van der Waals surface area contributed by atoms with Gasteiger partial charge in [-0.1, -0.05) is 30.3 Å². The van der Waals surface area contributed by atoms with Gasteiger partial charge in [-0.15, -0.1) is 0 Å². The summed E-state index contributed by atoms with van der Waals surface area (Å²) in [5.41, 5.74) is 0.919. The summed E-state index contributed by atoms with van der Waals surface area (Å²) in [6, 6.07) is 7.54. The lowest BCUT2D eigenvalue weighted by molar-refractivity contribution is -0.147. The first-order valence-electron chi connectivity index (χ1n) is 7.38. The van der Waals surface area contributed by atoms with Crippen LogP contribution in [0.5, 0.6) is 0 Å². The predicted molar refractivity (Wildman–Crippen MR) is 84.1 cm³/mol. The fourth-order valence-corrected chi connectivity index (χ4v) is 2.01. The van der Waals surface area contributed by atoms with Crippen LogP contribution >= 0.6 is 0 Å². The van der Waals surface area contributed by atoms with Crippen LogP contribution in [0.3, 0.4) is 0 Å². The lowest BCUT2D eigenvalue weighted by Crippen LogP contribution is -2.42. The van der Waals surface area contributed by atoms with Gasteiger partial charge >= 0.3 is 11.9 Å². The van der Waals surface area contributed by atoms with Gasteiger partial charge in [-0.3, -0.25) is 14.4 Å². The molecule has 1 aromatic carbocycles. The molecule has 4 N–H and O–H groups in total. The summed E-state index contributed by atoms with van der Waals surface area (Å²) in [5, 5.41) is 22.2. The fourth-order valence-electron chi connectivity index (χ4n) is 2.01. The number of carbonyl (C=O) groups is 4. The molecule has 130 valence electrons. The maximum absolute atomic E-state index is 11.8. The number of carboxylic acid groups (broad SMARTS) is 2. The van der Waals surface area contributed by atoms with Gasteiger partial charge in [-0.05, 0) is 12.5 Å². The molecule has 0 aromatic heterocycles. The van der Waals surface area contributed by atoms with E-state index in [0.717, 1.165) is 5.56 Å². The van der Waals surface area contributed by atoms with Gasteiger partial charge in [0, 0.05) is 12.8 Å². The van der Waals surface area contributed by atoms with Crippen molar-refractivity contribution in [1.29, 1.82) is 0 Å². The zero-order chi connectivity index (χ0) is 18.1. The summed E-state index contributed by atoms with van der Waals surface area (Å²) in [6.45, 7) is 1.81. The molecule has 0 saturated carbocycles. The molecule has 0 bridgehead atoms. The normalized spacial score (nSPS) is 12.7. The van der Waals surface area contributed by atoms with E-state index in [2.05, 4.69) is 10.6 Å². The Morgan fingerprint density at radius 1 is 0.958 bits per heavy atom. The molecule has 1 rings (SSSR count). The Bertz CT molecular complexity index is 602. The Morgan fingerprint density at radius 3 is 2.00 bits per heavy atom. The van der Waals surface area contributed by atoms with Gasteiger partial charge in [0.05, 0.1) is 12.5 Å². The van der Waals surface area contributed by atoms with Crippen molar-refractivity contribution in [2.45, 2.75) is 38.3 Å². The molecular weight excluding hydrogens is 316 g/mol. The van der Waals surface area contributed by atoms with Crippen LogP contribution in [-0.2, 0) is 19.2 Å². The van der Waals surface area contributed by atoms with E-state index in [0.29, 0.717) is 0 Å². The van der Waals surface area contributed by atoms with E-state index in [4.69, 9.17) is 10.2 Å². The van der Waals surface area contributed by atoms with Crippen LogP contribution in [0.15, 0.2) is 30.3 Å². The molecule has 8 heteroatoms. The molecular formula is C16H20N2O6. The molecule has 0 fully saturated rings. The van der Waals surface area contributed by atoms with E-state index in [1.807, 2.05) is 30.3 Å². The van der Waals surface area contributed by atoms with E-state index in [1.54, 1.807) is 6.92 Å². The molecule has 0 saturated heterocycles. The molecule has 8 nitrogen and oxygen atoms in total. The largest absolute Gasteiger partial charge is 0.481 e. The van der Waals surface area contributed by atoms with Crippen LogP contribution in [0.4, 0.5) is 0 Å². The van der Waals surface area contributed by atoms with E-state index in [1.165, 1.54) is 0 Å². The molecule has 0 spiro atoms. The summed E-state index contributed by atoms with van der Waals surface area (Å²) >= 11 is 0. The zero-order valence-electron chi connectivity index (χ0n) is 13.2. The quantitative estimate of drug-likeness (QED) is 0.524. The van der Waals surface area contributed by atoms with Gasteiger partial charge in [-0.25, -0.2) is 4.79 Å². The second-order valence-corrected chi connectivity index (χ2v) is 5.26. The summed E-state index contributed by atoms with van der Waals surface area (Å²) in [7, 11) is 0. The number of hydrogen-bond acceptors (Lipinski definition) is 4. The third-order valence-electron chi connectivity index (χ3n) is 3.27.